The molecule has 0 aliphatic heterocycles. The molecule has 0 aliphatic carbocycles. The maximum Gasteiger partial charge on any atom is 0.229 e. The maximum absolute atomic E-state index is 11.4. The molecule has 3 aromatic carbocycles. The molecule has 1 N–H and O–H groups in total. The molecular weight excluding hydrogens is 332 g/mol. The molecule has 128 valence electrons. The summed E-state index contributed by atoms with van der Waals surface area (Å²) in [5.41, 5.74) is 3.83. The number of nitrogens with one attached hydrogen (secondary N) is 1. The number of rotatable bonds is 6. The van der Waals surface area contributed by atoms with Crippen LogP contribution in [0.2, 0.25) is 0 Å². The lowest BCUT2D eigenvalue weighted by molar-refractivity contribution is 0.607. The van der Waals surface area contributed by atoms with Gasteiger partial charge in [0.25, 0.3) is 0 Å². The number of para-hydroxylation sites is 1. The van der Waals surface area contributed by atoms with Crippen LogP contribution in [-0.2, 0) is 16.6 Å². The number of benzene rings is 3. The Morgan fingerprint density at radius 2 is 1.28 bits per heavy atom. The van der Waals surface area contributed by atoms with Crippen LogP contribution in [0.25, 0.3) is 0 Å². The van der Waals surface area contributed by atoms with Gasteiger partial charge in [-0.15, -0.1) is 0 Å². The normalized spacial score (nSPS) is 11.1. The number of anilines is 3. The van der Waals surface area contributed by atoms with Crippen LogP contribution < -0.4 is 9.62 Å². The first kappa shape index (κ1) is 17.0. The Morgan fingerprint density at radius 1 is 0.760 bits per heavy atom. The summed E-state index contributed by atoms with van der Waals surface area (Å²) in [4.78, 5) is 2.19. The van der Waals surface area contributed by atoms with Crippen LogP contribution in [0.3, 0.4) is 0 Å². The summed E-state index contributed by atoms with van der Waals surface area (Å²) < 4.78 is 25.2. The smallest absolute Gasteiger partial charge is 0.229 e. The van der Waals surface area contributed by atoms with Crippen LogP contribution in [0.5, 0.6) is 0 Å². The molecule has 3 aromatic rings. The maximum atomic E-state index is 11.4. The van der Waals surface area contributed by atoms with Gasteiger partial charge >= 0.3 is 0 Å². The van der Waals surface area contributed by atoms with Gasteiger partial charge in [0.2, 0.25) is 10.0 Å². The van der Waals surface area contributed by atoms with Crippen molar-refractivity contribution >= 4 is 27.1 Å². The van der Waals surface area contributed by atoms with Crippen LogP contribution in [0.1, 0.15) is 5.56 Å². The fourth-order valence-electron chi connectivity index (χ4n) is 2.63. The lowest BCUT2D eigenvalue weighted by Crippen LogP contribution is -2.16. The Hall–Kier alpha value is -2.79. The number of sulfonamides is 1. The van der Waals surface area contributed by atoms with Crippen molar-refractivity contribution in [3.8, 4) is 0 Å². The lowest BCUT2D eigenvalue weighted by atomic mass is 10.1. The van der Waals surface area contributed by atoms with Gasteiger partial charge in [-0.3, -0.25) is 4.72 Å². The molecule has 0 bridgehead atoms. The first-order chi connectivity index (χ1) is 12.0. The van der Waals surface area contributed by atoms with Crippen molar-refractivity contribution in [2.45, 2.75) is 6.54 Å². The van der Waals surface area contributed by atoms with E-state index in [4.69, 9.17) is 0 Å². The molecule has 0 radical (unpaired) electrons. The second-order valence-electron chi connectivity index (χ2n) is 5.83. The third-order valence-electron chi connectivity index (χ3n) is 3.73. The second-order valence-corrected chi connectivity index (χ2v) is 7.58. The first-order valence-electron chi connectivity index (χ1n) is 7.96. The predicted molar refractivity (Wildman–Crippen MR) is 104 cm³/mol. The van der Waals surface area contributed by atoms with Crippen LogP contribution in [0.4, 0.5) is 17.1 Å². The van der Waals surface area contributed by atoms with Gasteiger partial charge in [-0.05, 0) is 42.0 Å². The van der Waals surface area contributed by atoms with Gasteiger partial charge in [0, 0.05) is 23.6 Å². The van der Waals surface area contributed by atoms with E-state index < -0.39 is 10.0 Å². The zero-order valence-corrected chi connectivity index (χ0v) is 14.8. The summed E-state index contributed by atoms with van der Waals surface area (Å²) in [6.45, 7) is 0.726. The molecule has 0 atom stereocenters. The van der Waals surface area contributed by atoms with E-state index in [2.05, 4.69) is 33.9 Å². The fourth-order valence-corrected chi connectivity index (χ4v) is 3.19. The van der Waals surface area contributed by atoms with Crippen molar-refractivity contribution in [1.82, 2.24) is 0 Å². The van der Waals surface area contributed by atoms with E-state index >= 15 is 0 Å². The summed E-state index contributed by atoms with van der Waals surface area (Å²) in [6, 6.07) is 27.8. The van der Waals surface area contributed by atoms with Crippen LogP contribution in [-0.4, -0.2) is 14.7 Å². The van der Waals surface area contributed by atoms with Gasteiger partial charge in [0.05, 0.1) is 6.26 Å². The minimum absolute atomic E-state index is 0.555. The summed E-state index contributed by atoms with van der Waals surface area (Å²) >= 11 is 0. The summed E-state index contributed by atoms with van der Waals surface area (Å²) in [5.74, 6) is 0. The Kier molecular flexibility index (Phi) is 5.05. The van der Waals surface area contributed by atoms with Gasteiger partial charge in [-0.2, -0.15) is 0 Å². The van der Waals surface area contributed by atoms with Crippen LogP contribution >= 0.6 is 0 Å². The highest BCUT2D eigenvalue weighted by molar-refractivity contribution is 7.92. The number of nitrogens with zero attached hydrogens (tertiary/aromatic N) is 1. The highest BCUT2D eigenvalue weighted by Crippen LogP contribution is 2.28. The Balaban J connectivity index is 1.91. The van der Waals surface area contributed by atoms with E-state index in [1.807, 2.05) is 48.5 Å². The first-order valence-corrected chi connectivity index (χ1v) is 9.85. The molecule has 0 amide bonds. The van der Waals surface area contributed by atoms with E-state index in [9.17, 15) is 8.42 Å². The molecule has 0 saturated carbocycles. The molecule has 0 heterocycles. The summed E-state index contributed by atoms with van der Waals surface area (Å²) in [6.07, 6.45) is 1.15. The highest BCUT2D eigenvalue weighted by atomic mass is 32.2. The topological polar surface area (TPSA) is 49.4 Å². The SMILES string of the molecule is CS(=O)(=O)Nc1ccc(N(Cc2ccccc2)c2ccccc2)cc1. The quantitative estimate of drug-likeness (QED) is 0.715. The van der Waals surface area contributed by atoms with Gasteiger partial charge in [0.1, 0.15) is 0 Å². The Bertz CT molecular complexity index is 909. The molecule has 0 saturated heterocycles. The molecule has 0 aliphatic rings. The summed E-state index contributed by atoms with van der Waals surface area (Å²) in [5, 5.41) is 0. The Morgan fingerprint density at radius 3 is 1.84 bits per heavy atom. The Labute approximate surface area is 148 Å². The second kappa shape index (κ2) is 7.40. The summed E-state index contributed by atoms with van der Waals surface area (Å²) in [7, 11) is -3.27. The van der Waals surface area contributed by atoms with Crippen molar-refractivity contribution in [1.29, 1.82) is 0 Å². The third-order valence-corrected chi connectivity index (χ3v) is 4.34. The molecule has 3 rings (SSSR count). The molecule has 0 unspecified atom stereocenters. The molecule has 0 spiro atoms. The standard InChI is InChI=1S/C20H20N2O2S/c1-25(23,24)21-18-12-14-20(15-13-18)22(19-10-6-3-7-11-19)16-17-8-4-2-5-9-17/h2-15,21H,16H2,1H3. The molecule has 0 fully saturated rings. The number of hydrogen-bond acceptors (Lipinski definition) is 3. The molecule has 25 heavy (non-hydrogen) atoms. The van der Waals surface area contributed by atoms with Crippen molar-refractivity contribution < 1.29 is 8.42 Å². The van der Waals surface area contributed by atoms with E-state index in [0.29, 0.717) is 5.69 Å². The molecule has 4 nitrogen and oxygen atoms in total. The molecule has 5 heteroatoms. The van der Waals surface area contributed by atoms with Crippen molar-refractivity contribution in [3.05, 3.63) is 90.5 Å². The van der Waals surface area contributed by atoms with Crippen molar-refractivity contribution in [2.24, 2.45) is 0 Å². The zero-order chi connectivity index (χ0) is 17.7. The van der Waals surface area contributed by atoms with Crippen molar-refractivity contribution in [2.75, 3.05) is 15.9 Å². The van der Waals surface area contributed by atoms with Crippen LogP contribution in [0.15, 0.2) is 84.9 Å². The van der Waals surface area contributed by atoms with E-state index in [1.54, 1.807) is 12.1 Å². The zero-order valence-electron chi connectivity index (χ0n) is 14.0. The lowest BCUT2D eigenvalue weighted by Gasteiger charge is -2.25. The molecular formula is C20H20N2O2S. The van der Waals surface area contributed by atoms with Crippen molar-refractivity contribution in [3.63, 3.8) is 0 Å². The fraction of sp³-hybridized carbons (Fsp3) is 0.100. The van der Waals surface area contributed by atoms with Gasteiger partial charge in [0.15, 0.2) is 0 Å². The largest absolute Gasteiger partial charge is 0.337 e. The van der Waals surface area contributed by atoms with E-state index in [-0.39, 0.29) is 0 Å². The predicted octanol–water partition coefficient (Wildman–Crippen LogP) is 4.40. The van der Waals surface area contributed by atoms with E-state index in [1.165, 1.54) is 5.56 Å². The minimum Gasteiger partial charge on any atom is -0.337 e. The monoisotopic (exact) mass is 352 g/mol. The van der Waals surface area contributed by atoms with E-state index in [0.717, 1.165) is 24.2 Å². The average molecular weight is 352 g/mol. The van der Waals surface area contributed by atoms with Gasteiger partial charge in [-0.25, -0.2) is 8.42 Å². The van der Waals surface area contributed by atoms with Gasteiger partial charge in [-0.1, -0.05) is 48.5 Å². The number of hydrogen-bond donors (Lipinski definition) is 1. The minimum atomic E-state index is -3.27. The van der Waals surface area contributed by atoms with Gasteiger partial charge < -0.3 is 4.90 Å². The third kappa shape index (κ3) is 4.84. The average Bonchev–Trinajstić information content (AvgIpc) is 2.61. The highest BCUT2D eigenvalue weighted by Gasteiger charge is 2.10. The van der Waals surface area contributed by atoms with Crippen LogP contribution in [0, 0.1) is 0 Å². The molecule has 0 aromatic heterocycles.